The number of rotatable bonds is 11. The van der Waals surface area contributed by atoms with Crippen LogP contribution in [-0.2, 0) is 11.2 Å². The van der Waals surface area contributed by atoms with E-state index in [1.807, 2.05) is 24.3 Å². The number of aryl methyl sites for hydroxylation is 1. The zero-order chi connectivity index (χ0) is 23.9. The van der Waals surface area contributed by atoms with Crippen LogP contribution in [0.25, 0.3) is 10.9 Å². The summed E-state index contributed by atoms with van der Waals surface area (Å²) >= 11 is 1.80. The maximum atomic E-state index is 11.6. The van der Waals surface area contributed by atoms with Crippen molar-refractivity contribution in [2.75, 3.05) is 26.7 Å². The van der Waals surface area contributed by atoms with Crippen molar-refractivity contribution >= 4 is 28.2 Å². The molecule has 0 aliphatic carbocycles. The van der Waals surface area contributed by atoms with Gasteiger partial charge in [-0.3, -0.25) is 9.78 Å². The number of thiophene rings is 1. The normalized spacial score (nSPS) is 19.8. The van der Waals surface area contributed by atoms with E-state index in [-0.39, 0.29) is 12.3 Å². The van der Waals surface area contributed by atoms with Crippen LogP contribution < -0.4 is 4.74 Å². The lowest BCUT2D eigenvalue weighted by atomic mass is 9.79. The Kier molecular flexibility index (Phi) is 8.53. The highest BCUT2D eigenvalue weighted by Crippen LogP contribution is 2.35. The molecule has 0 spiro atoms. The van der Waals surface area contributed by atoms with E-state index in [2.05, 4.69) is 27.4 Å². The van der Waals surface area contributed by atoms with Crippen LogP contribution in [-0.4, -0.2) is 52.8 Å². The van der Waals surface area contributed by atoms with Crippen LogP contribution >= 0.6 is 11.3 Å². The van der Waals surface area contributed by atoms with E-state index in [1.165, 1.54) is 4.88 Å². The number of aromatic nitrogens is 1. The van der Waals surface area contributed by atoms with Crippen LogP contribution in [0.5, 0.6) is 5.75 Å². The molecular weight excluding hydrogens is 448 g/mol. The number of aliphatic hydroxyl groups is 1. The number of aliphatic carboxylic acids is 1. The maximum absolute atomic E-state index is 11.6. The first-order valence-electron chi connectivity index (χ1n) is 12.1. The molecule has 1 fully saturated rings. The van der Waals surface area contributed by atoms with Gasteiger partial charge in [0.2, 0.25) is 0 Å². The Labute approximate surface area is 205 Å². The molecule has 1 unspecified atom stereocenters. The zero-order valence-electron chi connectivity index (χ0n) is 19.7. The molecule has 1 aliphatic heterocycles. The van der Waals surface area contributed by atoms with Crippen LogP contribution in [0.15, 0.2) is 48.0 Å². The third-order valence-electron chi connectivity index (χ3n) is 7.04. The number of hydrogen-bond acceptors (Lipinski definition) is 6. The summed E-state index contributed by atoms with van der Waals surface area (Å²) in [6, 6.07) is 11.8. The Morgan fingerprint density at radius 2 is 2.18 bits per heavy atom. The van der Waals surface area contributed by atoms with E-state index < -0.39 is 12.1 Å². The Morgan fingerprint density at radius 3 is 2.94 bits per heavy atom. The number of pyridine rings is 1. The molecule has 34 heavy (non-hydrogen) atoms. The third kappa shape index (κ3) is 6.34. The fourth-order valence-electron chi connectivity index (χ4n) is 5.22. The fraction of sp³-hybridized carbons (Fsp3) is 0.481. The van der Waals surface area contributed by atoms with E-state index in [4.69, 9.17) is 4.74 Å². The number of carboxylic acid groups (broad SMARTS) is 1. The minimum Gasteiger partial charge on any atom is -0.497 e. The highest BCUT2D eigenvalue weighted by molar-refractivity contribution is 7.09. The number of likely N-dealkylation sites (tertiary alicyclic amines) is 1. The smallest absolute Gasteiger partial charge is 0.303 e. The largest absolute Gasteiger partial charge is 0.497 e. The van der Waals surface area contributed by atoms with Crippen molar-refractivity contribution in [3.63, 3.8) is 0 Å². The average molecular weight is 483 g/mol. The molecule has 1 saturated heterocycles. The molecule has 182 valence electrons. The SMILES string of the molecule is COc1ccc2nccc(C(O)CC[C@@H]3CCN(CCCc4cccs4)C[C@@H]3CC(=O)O)c2c1. The van der Waals surface area contributed by atoms with Crippen molar-refractivity contribution in [2.24, 2.45) is 11.8 Å². The van der Waals surface area contributed by atoms with Gasteiger partial charge in [-0.25, -0.2) is 0 Å². The number of hydrogen-bond donors (Lipinski definition) is 2. The van der Waals surface area contributed by atoms with E-state index in [0.717, 1.165) is 67.5 Å². The molecular formula is C27H34N2O4S. The van der Waals surface area contributed by atoms with Gasteiger partial charge in [-0.05, 0) is 98.3 Å². The zero-order valence-corrected chi connectivity index (χ0v) is 20.5. The van der Waals surface area contributed by atoms with Gasteiger partial charge in [-0.2, -0.15) is 0 Å². The minimum atomic E-state index is -0.733. The van der Waals surface area contributed by atoms with Crippen LogP contribution in [0.2, 0.25) is 0 Å². The number of fused-ring (bicyclic) bond motifs is 1. The number of carboxylic acids is 1. The van der Waals surface area contributed by atoms with Gasteiger partial charge in [-0.1, -0.05) is 6.07 Å². The highest BCUT2D eigenvalue weighted by Gasteiger charge is 2.31. The molecule has 7 heteroatoms. The molecule has 6 nitrogen and oxygen atoms in total. The Hall–Kier alpha value is -2.48. The van der Waals surface area contributed by atoms with Gasteiger partial charge in [0.15, 0.2) is 0 Å². The minimum absolute atomic E-state index is 0.120. The Morgan fingerprint density at radius 1 is 1.29 bits per heavy atom. The van der Waals surface area contributed by atoms with Crippen LogP contribution in [0.1, 0.15) is 48.6 Å². The standard InChI is InChI=1S/C27H34N2O4S/c1-33-21-7-8-25-24(17-21)23(10-12-28-25)26(30)9-6-19-11-14-29(18-20(19)16-27(31)32)13-2-4-22-5-3-15-34-22/h3,5,7-8,10,12,15,17,19-20,26,30H,2,4,6,9,11,13-14,16,18H2,1H3,(H,31,32)/t19-,20+,26?/m1/s1. The molecule has 4 rings (SSSR count). The predicted molar refractivity (Wildman–Crippen MR) is 135 cm³/mol. The summed E-state index contributed by atoms with van der Waals surface area (Å²) in [5, 5.41) is 23.6. The van der Waals surface area contributed by atoms with Crippen LogP contribution in [0, 0.1) is 11.8 Å². The lowest BCUT2D eigenvalue weighted by Gasteiger charge is -2.38. The van der Waals surface area contributed by atoms with Crippen LogP contribution in [0.4, 0.5) is 0 Å². The van der Waals surface area contributed by atoms with Crippen molar-refractivity contribution < 1.29 is 19.7 Å². The quantitative estimate of drug-likeness (QED) is 0.393. The Balaban J connectivity index is 1.35. The monoisotopic (exact) mass is 482 g/mol. The summed E-state index contributed by atoms with van der Waals surface area (Å²) in [5.74, 6) is 0.432. The van der Waals surface area contributed by atoms with Gasteiger partial charge in [0.1, 0.15) is 5.75 Å². The first-order valence-corrected chi connectivity index (χ1v) is 13.0. The Bertz CT molecular complexity index is 1070. The topological polar surface area (TPSA) is 82.9 Å². The summed E-state index contributed by atoms with van der Waals surface area (Å²) in [4.78, 5) is 19.8. The molecule has 3 atom stereocenters. The predicted octanol–water partition coefficient (Wildman–Crippen LogP) is 5.16. The second kappa shape index (κ2) is 11.8. The average Bonchev–Trinajstić information content (AvgIpc) is 3.36. The molecule has 3 heterocycles. The first-order chi connectivity index (χ1) is 16.5. The van der Waals surface area contributed by atoms with E-state index in [0.29, 0.717) is 12.3 Å². The van der Waals surface area contributed by atoms with E-state index >= 15 is 0 Å². The molecule has 1 aromatic carbocycles. The number of aliphatic hydroxyl groups excluding tert-OH is 1. The second-order valence-electron chi connectivity index (χ2n) is 9.27. The van der Waals surface area contributed by atoms with Gasteiger partial charge < -0.3 is 19.8 Å². The van der Waals surface area contributed by atoms with E-state index in [9.17, 15) is 15.0 Å². The number of methoxy groups -OCH3 is 1. The number of nitrogens with zero attached hydrogens (tertiary/aromatic N) is 2. The molecule has 1 aliphatic rings. The lowest BCUT2D eigenvalue weighted by Crippen LogP contribution is -2.42. The van der Waals surface area contributed by atoms with Gasteiger partial charge >= 0.3 is 5.97 Å². The van der Waals surface area contributed by atoms with Crippen molar-refractivity contribution in [3.8, 4) is 5.75 Å². The molecule has 0 amide bonds. The molecule has 3 aromatic rings. The van der Waals surface area contributed by atoms with E-state index in [1.54, 1.807) is 24.6 Å². The third-order valence-corrected chi connectivity index (χ3v) is 7.98. The summed E-state index contributed by atoms with van der Waals surface area (Å²) < 4.78 is 5.35. The summed E-state index contributed by atoms with van der Waals surface area (Å²) in [5.41, 5.74) is 1.68. The highest BCUT2D eigenvalue weighted by atomic mass is 32.1. The molecule has 2 N–H and O–H groups in total. The molecule has 0 saturated carbocycles. The maximum Gasteiger partial charge on any atom is 0.303 e. The van der Waals surface area contributed by atoms with Gasteiger partial charge in [0.05, 0.1) is 18.7 Å². The summed E-state index contributed by atoms with van der Waals surface area (Å²) in [6.45, 7) is 2.83. The molecule has 2 aromatic heterocycles. The molecule has 0 radical (unpaired) electrons. The number of carbonyl (C=O) groups is 1. The van der Waals surface area contributed by atoms with Gasteiger partial charge in [0, 0.05) is 29.4 Å². The van der Waals surface area contributed by atoms with Crippen molar-refractivity contribution in [3.05, 3.63) is 58.4 Å². The lowest BCUT2D eigenvalue weighted by molar-refractivity contribution is -0.139. The summed E-state index contributed by atoms with van der Waals surface area (Å²) in [6.07, 6.45) is 5.89. The fourth-order valence-corrected chi connectivity index (χ4v) is 5.97. The summed E-state index contributed by atoms with van der Waals surface area (Å²) in [7, 11) is 1.63. The first kappa shape index (κ1) is 24.6. The molecule has 0 bridgehead atoms. The van der Waals surface area contributed by atoms with Crippen molar-refractivity contribution in [2.45, 2.75) is 44.6 Å². The van der Waals surface area contributed by atoms with Gasteiger partial charge in [0.25, 0.3) is 0 Å². The van der Waals surface area contributed by atoms with Crippen LogP contribution in [0.3, 0.4) is 0 Å². The number of ether oxygens (including phenoxy) is 1. The van der Waals surface area contributed by atoms with Gasteiger partial charge in [-0.15, -0.1) is 11.3 Å². The number of benzene rings is 1. The second-order valence-corrected chi connectivity index (χ2v) is 10.3. The number of piperidine rings is 1. The van der Waals surface area contributed by atoms with Crippen molar-refractivity contribution in [1.29, 1.82) is 0 Å². The van der Waals surface area contributed by atoms with Crippen molar-refractivity contribution in [1.82, 2.24) is 9.88 Å².